The van der Waals surface area contributed by atoms with E-state index in [1.54, 1.807) is 0 Å². The van der Waals surface area contributed by atoms with E-state index in [1.165, 1.54) is 0 Å². The molecule has 48 valence electrons. The molecule has 6 heteroatoms. The van der Waals surface area contributed by atoms with E-state index in [4.69, 9.17) is 5.11 Å². The van der Waals surface area contributed by atoms with E-state index in [0.29, 0.717) is 3.39 Å². The van der Waals surface area contributed by atoms with Gasteiger partial charge in [-0.05, 0) is 47.8 Å². The van der Waals surface area contributed by atoms with Crippen LogP contribution in [0.3, 0.4) is 0 Å². The van der Waals surface area contributed by atoms with Gasteiger partial charge in [0.2, 0.25) is 0 Å². The average molecular weight is 374 g/mol. The quantitative estimate of drug-likeness (QED) is 0.566. The SMILES string of the molecule is O=C(O)C(Br)=C(Br)Br.[Zn]. The first-order chi connectivity index (χ1) is 3.55. The van der Waals surface area contributed by atoms with Crippen molar-refractivity contribution in [3.8, 4) is 0 Å². The molecular weight excluding hydrogens is 373 g/mol. The van der Waals surface area contributed by atoms with E-state index in [2.05, 4.69) is 47.8 Å². The Morgan fingerprint density at radius 1 is 1.22 bits per heavy atom. The third kappa shape index (κ3) is 5.70. The molecule has 0 bridgehead atoms. The second-order valence-electron chi connectivity index (χ2n) is 0.880. The molecule has 0 aromatic heterocycles. The molecule has 0 amide bonds. The van der Waals surface area contributed by atoms with Crippen LogP contribution in [-0.2, 0) is 24.3 Å². The number of hydrogen-bond donors (Lipinski definition) is 1. The Labute approximate surface area is 90.2 Å². The minimum Gasteiger partial charge on any atom is -0.477 e. The van der Waals surface area contributed by atoms with Gasteiger partial charge in [-0.1, -0.05) is 0 Å². The summed E-state index contributed by atoms with van der Waals surface area (Å²) in [7, 11) is 0. The molecule has 0 aromatic rings. The molecule has 0 atom stereocenters. The first-order valence-electron chi connectivity index (χ1n) is 1.49. The van der Waals surface area contributed by atoms with Crippen LogP contribution in [0.25, 0.3) is 0 Å². The predicted octanol–water partition coefficient (Wildman–Crippen LogP) is 2.42. The van der Waals surface area contributed by atoms with Crippen molar-refractivity contribution in [2.75, 3.05) is 0 Å². The Bertz CT molecular complexity index is 140. The summed E-state index contributed by atoms with van der Waals surface area (Å²) in [6, 6.07) is 0. The molecule has 0 heterocycles. The molecular formula is C3HBr3O2Zn. The summed E-state index contributed by atoms with van der Waals surface area (Å²) in [5.74, 6) is -1.01. The van der Waals surface area contributed by atoms with Crippen LogP contribution in [0, 0.1) is 0 Å². The molecule has 0 aliphatic carbocycles. The van der Waals surface area contributed by atoms with Crippen molar-refractivity contribution >= 4 is 53.8 Å². The van der Waals surface area contributed by atoms with Crippen molar-refractivity contribution in [3.05, 3.63) is 7.87 Å². The third-order valence-corrected chi connectivity index (χ3v) is 2.95. The second-order valence-corrected chi connectivity index (χ2v) is 4.32. The van der Waals surface area contributed by atoms with Gasteiger partial charge < -0.3 is 5.11 Å². The molecule has 0 saturated heterocycles. The molecule has 1 N–H and O–H groups in total. The number of carboxylic acids is 1. The van der Waals surface area contributed by atoms with Gasteiger partial charge >= 0.3 is 5.97 Å². The average Bonchev–Trinajstić information content (AvgIpc) is 1.64. The van der Waals surface area contributed by atoms with E-state index < -0.39 is 5.97 Å². The zero-order chi connectivity index (χ0) is 6.73. The minimum absolute atomic E-state index is 0. The standard InChI is InChI=1S/C3HBr3O2.Zn/c4-1(2(5)6)3(7)8;/h(H,7,8);. The van der Waals surface area contributed by atoms with Crippen molar-refractivity contribution in [1.29, 1.82) is 0 Å². The Morgan fingerprint density at radius 2 is 1.56 bits per heavy atom. The molecule has 0 rings (SSSR count). The van der Waals surface area contributed by atoms with Gasteiger partial charge in [-0.2, -0.15) is 0 Å². The van der Waals surface area contributed by atoms with Crippen molar-refractivity contribution < 1.29 is 29.4 Å². The normalized spacial score (nSPS) is 7.44. The monoisotopic (exact) mass is 370 g/mol. The molecule has 0 unspecified atom stereocenters. The van der Waals surface area contributed by atoms with E-state index in [0.717, 1.165) is 0 Å². The van der Waals surface area contributed by atoms with Gasteiger partial charge in [0.05, 0.1) is 3.39 Å². The van der Waals surface area contributed by atoms with E-state index in [9.17, 15) is 4.79 Å². The van der Waals surface area contributed by atoms with Gasteiger partial charge in [0.1, 0.15) is 4.48 Å². The van der Waals surface area contributed by atoms with Crippen molar-refractivity contribution in [2.45, 2.75) is 0 Å². The summed E-state index contributed by atoms with van der Waals surface area (Å²) in [6.45, 7) is 0. The summed E-state index contributed by atoms with van der Waals surface area (Å²) in [5, 5.41) is 8.19. The van der Waals surface area contributed by atoms with E-state index in [1.807, 2.05) is 0 Å². The topological polar surface area (TPSA) is 37.3 Å². The fourth-order valence-electron chi connectivity index (χ4n) is 0.0808. The predicted molar refractivity (Wildman–Crippen MR) is 41.4 cm³/mol. The minimum atomic E-state index is -1.01. The molecule has 9 heavy (non-hydrogen) atoms. The number of carboxylic acid groups (broad SMARTS) is 1. The number of hydrogen-bond acceptors (Lipinski definition) is 1. The summed E-state index contributed by atoms with van der Waals surface area (Å²) < 4.78 is 0.481. The maximum Gasteiger partial charge on any atom is 0.344 e. The summed E-state index contributed by atoms with van der Waals surface area (Å²) in [5.41, 5.74) is 0. The first kappa shape index (κ1) is 12.9. The molecule has 0 aromatic carbocycles. The molecule has 0 saturated carbocycles. The Hall–Kier alpha value is 1.27. The van der Waals surface area contributed by atoms with E-state index in [-0.39, 0.29) is 24.0 Å². The van der Waals surface area contributed by atoms with Crippen LogP contribution in [0.4, 0.5) is 0 Å². The first-order valence-corrected chi connectivity index (χ1v) is 3.87. The maximum atomic E-state index is 9.98. The van der Waals surface area contributed by atoms with Gasteiger partial charge in [-0.15, -0.1) is 0 Å². The number of carbonyl (C=O) groups is 1. The largest absolute Gasteiger partial charge is 0.477 e. The van der Waals surface area contributed by atoms with E-state index >= 15 is 0 Å². The summed E-state index contributed by atoms with van der Waals surface area (Å²) in [6.07, 6.45) is 0. The molecule has 0 aliphatic rings. The van der Waals surface area contributed by atoms with Crippen LogP contribution in [0.2, 0.25) is 0 Å². The molecule has 2 nitrogen and oxygen atoms in total. The zero-order valence-corrected chi connectivity index (χ0v) is 11.9. The fourth-order valence-corrected chi connectivity index (χ4v) is 0.420. The van der Waals surface area contributed by atoms with Gasteiger partial charge in [0, 0.05) is 19.5 Å². The van der Waals surface area contributed by atoms with Crippen LogP contribution >= 0.6 is 47.8 Å². The third-order valence-electron chi connectivity index (χ3n) is 0.354. The second kappa shape index (κ2) is 6.01. The van der Waals surface area contributed by atoms with Crippen LogP contribution in [0.15, 0.2) is 7.87 Å². The van der Waals surface area contributed by atoms with Gasteiger partial charge in [0.15, 0.2) is 0 Å². The van der Waals surface area contributed by atoms with Gasteiger partial charge in [0.25, 0.3) is 0 Å². The number of halogens is 3. The number of aliphatic carboxylic acids is 1. The van der Waals surface area contributed by atoms with Gasteiger partial charge in [-0.3, -0.25) is 0 Å². The fraction of sp³-hybridized carbons (Fsp3) is 0. The summed E-state index contributed by atoms with van der Waals surface area (Å²) >= 11 is 8.61. The molecule has 0 radical (unpaired) electrons. The molecule has 0 aliphatic heterocycles. The van der Waals surface area contributed by atoms with Crippen molar-refractivity contribution in [3.63, 3.8) is 0 Å². The van der Waals surface area contributed by atoms with Crippen LogP contribution in [0.1, 0.15) is 0 Å². The molecule has 0 fully saturated rings. The Morgan fingerprint density at radius 3 is 1.56 bits per heavy atom. The van der Waals surface area contributed by atoms with Crippen LogP contribution < -0.4 is 0 Å². The summed E-state index contributed by atoms with van der Waals surface area (Å²) in [4.78, 5) is 9.98. The van der Waals surface area contributed by atoms with Crippen LogP contribution in [0.5, 0.6) is 0 Å². The van der Waals surface area contributed by atoms with Gasteiger partial charge in [-0.25, -0.2) is 4.79 Å². The van der Waals surface area contributed by atoms with Crippen molar-refractivity contribution in [2.24, 2.45) is 0 Å². The van der Waals surface area contributed by atoms with Crippen molar-refractivity contribution in [1.82, 2.24) is 0 Å². The van der Waals surface area contributed by atoms with Crippen LogP contribution in [-0.4, -0.2) is 11.1 Å². The zero-order valence-electron chi connectivity index (χ0n) is 4.20. The Kier molecular flexibility index (Phi) is 8.62. The Balaban J connectivity index is 0. The smallest absolute Gasteiger partial charge is 0.344 e. The molecule has 0 spiro atoms. The maximum absolute atomic E-state index is 9.98. The number of rotatable bonds is 1.